The molecule has 2 aromatic heterocycles. The monoisotopic (exact) mass is 643 g/mol. The molecule has 0 radical (unpaired) electrons. The summed E-state index contributed by atoms with van der Waals surface area (Å²) in [4.78, 5) is 36.3. The van der Waals surface area contributed by atoms with E-state index in [2.05, 4.69) is 25.9 Å². The molecule has 1 aliphatic carbocycles. The lowest BCUT2D eigenvalue weighted by Crippen LogP contribution is -2.46. The number of rotatable bonds is 12. The number of benzene rings is 1. The Morgan fingerprint density at radius 2 is 1.93 bits per heavy atom. The number of carbonyl (C=O) groups is 2. The molecule has 0 spiro atoms. The zero-order valence-corrected chi connectivity index (χ0v) is 25.6. The molecular formula is C30H33ClFN6O5S-. The number of nitrogens with one attached hydrogen (secondary N) is 3. The van der Waals surface area contributed by atoms with E-state index >= 15 is 4.39 Å². The second-order valence-corrected chi connectivity index (χ2v) is 12.3. The van der Waals surface area contributed by atoms with Gasteiger partial charge in [-0.05, 0) is 77.4 Å². The van der Waals surface area contributed by atoms with Crippen LogP contribution < -0.4 is 16.0 Å². The highest BCUT2D eigenvalue weighted by Gasteiger charge is 2.41. The van der Waals surface area contributed by atoms with Gasteiger partial charge < -0.3 is 19.5 Å². The van der Waals surface area contributed by atoms with Crippen LogP contribution in [0.25, 0.3) is 0 Å². The largest absolute Gasteiger partial charge is 0.771 e. The van der Waals surface area contributed by atoms with Gasteiger partial charge in [0.2, 0.25) is 5.91 Å². The Labute approximate surface area is 262 Å². The SMILES string of the molecule is CO[C@@H]1C[C@H](C(=O)Nc2cc(C(CCC3CC3)(NCS(=O)[O-])c3ccncc3)ccc2F)N(C(=O)Nc2ccc(Cl)cn2)C1. The molecule has 5 rings (SSSR count). The quantitative estimate of drug-likeness (QED) is 0.246. The number of urea groups is 1. The molecule has 11 nitrogen and oxygen atoms in total. The summed E-state index contributed by atoms with van der Waals surface area (Å²) in [6.45, 7) is 0.138. The molecule has 3 amide bonds. The van der Waals surface area contributed by atoms with E-state index in [-0.39, 0.29) is 30.3 Å². The van der Waals surface area contributed by atoms with Gasteiger partial charge in [0.15, 0.2) is 0 Å². The minimum Gasteiger partial charge on any atom is -0.771 e. The molecule has 44 heavy (non-hydrogen) atoms. The van der Waals surface area contributed by atoms with Crippen molar-refractivity contribution in [2.75, 3.05) is 30.2 Å². The number of nitrogens with zero attached hydrogens (tertiary/aromatic N) is 3. The van der Waals surface area contributed by atoms with Gasteiger partial charge in [0.25, 0.3) is 0 Å². The summed E-state index contributed by atoms with van der Waals surface area (Å²) >= 11 is 3.49. The third kappa shape index (κ3) is 7.59. The van der Waals surface area contributed by atoms with Crippen LogP contribution in [-0.2, 0) is 26.2 Å². The molecule has 1 aliphatic heterocycles. The van der Waals surface area contributed by atoms with E-state index in [0.717, 1.165) is 24.8 Å². The van der Waals surface area contributed by atoms with Gasteiger partial charge in [-0.25, -0.2) is 14.2 Å². The molecule has 14 heteroatoms. The molecule has 2 aliphatic rings. The molecule has 1 aromatic carbocycles. The van der Waals surface area contributed by atoms with Crippen LogP contribution in [0.2, 0.25) is 5.02 Å². The van der Waals surface area contributed by atoms with Crippen LogP contribution in [0.5, 0.6) is 0 Å². The second kappa shape index (κ2) is 14.1. The van der Waals surface area contributed by atoms with Gasteiger partial charge >= 0.3 is 6.03 Å². The summed E-state index contributed by atoms with van der Waals surface area (Å²) in [6, 6.07) is 9.53. The Morgan fingerprint density at radius 3 is 2.59 bits per heavy atom. The Hall–Kier alpha value is -3.49. The standard InChI is InChI=1S/C30H34ClFN6O5S/c1-43-23-15-26(38(17-23)29(40)37-27-7-5-22(31)16-34-27)28(39)36-25-14-21(4-6-24(25)32)30(35-18-44(41)42,11-8-19-2-3-19)20-9-12-33-13-10-20/h4-7,9-10,12-14,16,19,23,26,35H,2-3,8,11,15,17-18H2,1H3,(H,36,39)(H,41,42)(H,34,37,40)/p-1/t23-,26-,30?/m1/s1. The van der Waals surface area contributed by atoms with E-state index in [1.165, 1.54) is 36.4 Å². The Balaban J connectivity index is 1.43. The van der Waals surface area contributed by atoms with Crippen LogP contribution >= 0.6 is 11.6 Å². The first-order chi connectivity index (χ1) is 21.2. The number of halogens is 2. The first-order valence-corrected chi connectivity index (χ1v) is 15.8. The van der Waals surface area contributed by atoms with E-state index in [9.17, 15) is 18.4 Å². The van der Waals surface area contributed by atoms with Crippen molar-refractivity contribution in [1.29, 1.82) is 0 Å². The van der Waals surface area contributed by atoms with Gasteiger partial charge in [0, 0.05) is 38.7 Å². The maximum Gasteiger partial charge on any atom is 0.323 e. The number of anilines is 2. The van der Waals surface area contributed by atoms with Crippen molar-refractivity contribution in [1.82, 2.24) is 20.2 Å². The van der Waals surface area contributed by atoms with Crippen molar-refractivity contribution in [3.8, 4) is 0 Å². The minimum absolute atomic E-state index is 0.0945. The fraction of sp³-hybridized carbons (Fsp3) is 0.400. The van der Waals surface area contributed by atoms with E-state index in [4.69, 9.17) is 16.3 Å². The normalized spacial score (nSPS) is 20.1. The van der Waals surface area contributed by atoms with Crippen LogP contribution in [-0.4, -0.2) is 67.2 Å². The third-order valence-corrected chi connectivity index (χ3v) is 8.73. The first-order valence-electron chi connectivity index (χ1n) is 14.2. The molecular weight excluding hydrogens is 611 g/mol. The highest BCUT2D eigenvalue weighted by molar-refractivity contribution is 7.79. The molecule has 1 saturated carbocycles. The van der Waals surface area contributed by atoms with E-state index < -0.39 is 46.5 Å². The van der Waals surface area contributed by atoms with Gasteiger partial charge in [-0.2, -0.15) is 0 Å². The number of amides is 3. The lowest BCUT2D eigenvalue weighted by molar-refractivity contribution is -0.119. The van der Waals surface area contributed by atoms with Gasteiger partial charge in [-0.15, -0.1) is 0 Å². The number of methoxy groups -OCH3 is 1. The number of pyridine rings is 2. The van der Waals surface area contributed by atoms with Gasteiger partial charge in [0.05, 0.1) is 28.2 Å². The highest BCUT2D eigenvalue weighted by Crippen LogP contribution is 2.42. The molecule has 234 valence electrons. The van der Waals surface area contributed by atoms with Crippen molar-refractivity contribution in [2.24, 2.45) is 5.92 Å². The number of hydrogen-bond acceptors (Lipinski definition) is 8. The van der Waals surface area contributed by atoms with Crippen molar-refractivity contribution in [3.63, 3.8) is 0 Å². The Morgan fingerprint density at radius 1 is 1.16 bits per heavy atom. The van der Waals surface area contributed by atoms with Crippen LogP contribution in [0.3, 0.4) is 0 Å². The van der Waals surface area contributed by atoms with Gasteiger partial charge in [0.1, 0.15) is 17.7 Å². The van der Waals surface area contributed by atoms with Gasteiger partial charge in [-0.1, -0.05) is 30.5 Å². The predicted molar refractivity (Wildman–Crippen MR) is 163 cm³/mol. The van der Waals surface area contributed by atoms with Crippen molar-refractivity contribution in [2.45, 2.75) is 49.8 Å². The fourth-order valence-electron chi connectivity index (χ4n) is 5.57. The molecule has 3 N–H and O–H groups in total. The Bertz CT molecular complexity index is 1500. The lowest BCUT2D eigenvalue weighted by atomic mass is 9.79. The fourth-order valence-corrected chi connectivity index (χ4v) is 6.04. The maximum absolute atomic E-state index is 15.3. The number of likely N-dealkylation sites (tertiary alicyclic amines) is 1. The third-order valence-electron chi connectivity index (χ3n) is 8.13. The van der Waals surface area contributed by atoms with Crippen LogP contribution in [0.1, 0.15) is 43.2 Å². The number of hydrogen-bond donors (Lipinski definition) is 3. The van der Waals surface area contributed by atoms with E-state index in [0.29, 0.717) is 22.9 Å². The van der Waals surface area contributed by atoms with E-state index in [1.807, 2.05) is 0 Å². The van der Waals surface area contributed by atoms with Crippen molar-refractivity contribution in [3.05, 3.63) is 83.0 Å². The highest BCUT2D eigenvalue weighted by atomic mass is 35.5. The average Bonchev–Trinajstić information content (AvgIpc) is 3.75. The van der Waals surface area contributed by atoms with E-state index in [1.54, 1.807) is 36.7 Å². The summed E-state index contributed by atoms with van der Waals surface area (Å²) in [5.74, 6) is -0.821. The lowest BCUT2D eigenvalue weighted by Gasteiger charge is -2.37. The second-order valence-electron chi connectivity index (χ2n) is 11.0. The molecule has 0 bridgehead atoms. The molecule has 1 saturated heterocycles. The summed E-state index contributed by atoms with van der Waals surface area (Å²) < 4.78 is 44.1. The average molecular weight is 644 g/mol. The molecule has 4 atom stereocenters. The smallest absolute Gasteiger partial charge is 0.323 e. The summed E-state index contributed by atoms with van der Waals surface area (Å²) in [6.07, 6.45) is 7.99. The summed E-state index contributed by atoms with van der Waals surface area (Å²) in [5.41, 5.74) is 0.254. The van der Waals surface area contributed by atoms with Crippen molar-refractivity contribution >= 4 is 46.1 Å². The molecule has 2 unspecified atom stereocenters. The number of aromatic nitrogens is 2. The molecule has 3 aromatic rings. The Kier molecular flexibility index (Phi) is 10.2. The van der Waals surface area contributed by atoms with Crippen molar-refractivity contribution < 1.29 is 27.5 Å². The zero-order valence-electron chi connectivity index (χ0n) is 24.0. The van der Waals surface area contributed by atoms with Crippen LogP contribution in [0, 0.1) is 11.7 Å². The zero-order chi connectivity index (χ0) is 31.3. The number of ether oxygens (including phenoxy) is 1. The molecule has 2 fully saturated rings. The summed E-state index contributed by atoms with van der Waals surface area (Å²) in [7, 11) is 1.49. The summed E-state index contributed by atoms with van der Waals surface area (Å²) in [5, 5.41) is 8.93. The molecule has 3 heterocycles. The first kappa shape index (κ1) is 31.9. The van der Waals surface area contributed by atoms with Crippen LogP contribution in [0.4, 0.5) is 20.7 Å². The predicted octanol–water partition coefficient (Wildman–Crippen LogP) is 4.39. The van der Waals surface area contributed by atoms with Gasteiger partial charge in [-0.3, -0.25) is 24.6 Å². The number of carbonyl (C=O) groups excluding carboxylic acids is 2. The minimum atomic E-state index is -2.39. The maximum atomic E-state index is 15.3. The topological polar surface area (TPSA) is 149 Å². The van der Waals surface area contributed by atoms with Crippen LogP contribution in [0.15, 0.2) is 61.1 Å².